The topological polar surface area (TPSA) is 55.4 Å². The summed E-state index contributed by atoms with van der Waals surface area (Å²) in [6.45, 7) is 7.90. The van der Waals surface area contributed by atoms with Gasteiger partial charge in [-0.15, -0.1) is 11.6 Å². The molecule has 27 heavy (non-hydrogen) atoms. The molecule has 1 N–H and O–H groups in total. The van der Waals surface area contributed by atoms with Gasteiger partial charge in [-0.25, -0.2) is 0 Å². The Labute approximate surface area is 168 Å². The fourth-order valence-corrected chi connectivity index (χ4v) is 4.18. The van der Waals surface area contributed by atoms with Crippen molar-refractivity contribution in [2.75, 3.05) is 6.26 Å². The van der Waals surface area contributed by atoms with E-state index in [0.29, 0.717) is 5.56 Å². The van der Waals surface area contributed by atoms with Gasteiger partial charge >= 0.3 is 0 Å². The third-order valence-corrected chi connectivity index (χ3v) is 5.32. The van der Waals surface area contributed by atoms with Crippen molar-refractivity contribution < 1.29 is 12.6 Å². The van der Waals surface area contributed by atoms with E-state index < -0.39 is 21.1 Å². The lowest BCUT2D eigenvalue weighted by molar-refractivity contribution is 0.141. The van der Waals surface area contributed by atoms with Gasteiger partial charge in [0, 0.05) is 6.04 Å². The van der Waals surface area contributed by atoms with E-state index in [9.17, 15) is 8.42 Å². The van der Waals surface area contributed by atoms with Crippen LogP contribution in [0.2, 0.25) is 0 Å². The average molecular weight is 410 g/mol. The van der Waals surface area contributed by atoms with Crippen LogP contribution in [0.15, 0.2) is 54.6 Å². The van der Waals surface area contributed by atoms with Crippen LogP contribution >= 0.6 is 11.6 Å². The quantitative estimate of drug-likeness (QED) is 0.505. The highest BCUT2D eigenvalue weighted by molar-refractivity contribution is 7.86. The maximum absolute atomic E-state index is 12.0. The fraction of sp³-hybridized carbons (Fsp3) is 0.429. The van der Waals surface area contributed by atoms with E-state index in [4.69, 9.17) is 15.8 Å². The van der Waals surface area contributed by atoms with Gasteiger partial charge in [-0.1, -0.05) is 74.0 Å². The molecule has 0 spiro atoms. The lowest BCUT2D eigenvalue weighted by Gasteiger charge is -2.40. The second kappa shape index (κ2) is 8.74. The van der Waals surface area contributed by atoms with Crippen molar-refractivity contribution in [3.63, 3.8) is 0 Å². The van der Waals surface area contributed by atoms with Crippen LogP contribution in [0.1, 0.15) is 49.6 Å². The molecule has 0 aliphatic heterocycles. The Morgan fingerprint density at radius 2 is 1.56 bits per heavy atom. The van der Waals surface area contributed by atoms with Crippen LogP contribution in [0.4, 0.5) is 0 Å². The van der Waals surface area contributed by atoms with Crippen LogP contribution in [-0.4, -0.2) is 25.6 Å². The summed E-state index contributed by atoms with van der Waals surface area (Å²) in [5.74, 6) is 0. The van der Waals surface area contributed by atoms with E-state index in [1.54, 1.807) is 0 Å². The summed E-state index contributed by atoms with van der Waals surface area (Å²) in [6, 6.07) is 17.1. The van der Waals surface area contributed by atoms with E-state index in [-0.39, 0.29) is 12.1 Å². The second-order valence-electron chi connectivity index (χ2n) is 7.41. The van der Waals surface area contributed by atoms with Gasteiger partial charge in [0.2, 0.25) is 0 Å². The largest absolute Gasteiger partial charge is 0.306 e. The number of hydrogen-bond acceptors (Lipinski definition) is 4. The van der Waals surface area contributed by atoms with Crippen molar-refractivity contribution in [3.05, 3.63) is 71.3 Å². The average Bonchev–Trinajstić information content (AvgIpc) is 2.58. The summed E-state index contributed by atoms with van der Waals surface area (Å²) in [7, 11) is -3.72. The number of benzene rings is 2. The number of halogens is 1. The molecule has 0 bridgehead atoms. The van der Waals surface area contributed by atoms with E-state index >= 15 is 0 Å². The Bertz CT molecular complexity index is 833. The molecular formula is C21H28ClNO3S. The Hall–Kier alpha value is -1.40. The third-order valence-electron chi connectivity index (χ3n) is 4.36. The van der Waals surface area contributed by atoms with E-state index in [2.05, 4.69) is 5.32 Å². The Morgan fingerprint density at radius 1 is 1.00 bits per heavy atom. The number of rotatable bonds is 8. The number of hydrogen-bond donors (Lipinski definition) is 1. The van der Waals surface area contributed by atoms with Crippen LogP contribution in [0.5, 0.6) is 0 Å². The maximum atomic E-state index is 12.0. The molecule has 0 aliphatic carbocycles. The first-order chi connectivity index (χ1) is 12.5. The van der Waals surface area contributed by atoms with Crippen molar-refractivity contribution in [3.8, 4) is 0 Å². The van der Waals surface area contributed by atoms with E-state index in [0.717, 1.165) is 17.4 Å². The molecule has 2 aromatic rings. The standard InChI is InChI=1S/C21H28ClNO3S/c1-15(2)23-19(17-13-11-16(3)12-14-17)21(4,22)20(26-27(5,24)25)18-9-7-6-8-10-18/h6-15,19-20,23H,1-5H3/t19-,20-,21-/m0/s1. The monoisotopic (exact) mass is 409 g/mol. The summed E-state index contributed by atoms with van der Waals surface area (Å²) in [5, 5.41) is 3.49. The molecule has 0 heterocycles. The zero-order valence-electron chi connectivity index (χ0n) is 16.4. The van der Waals surface area contributed by atoms with E-state index in [1.807, 2.05) is 82.3 Å². The van der Waals surface area contributed by atoms with Gasteiger partial charge in [0.15, 0.2) is 0 Å². The zero-order valence-corrected chi connectivity index (χ0v) is 18.0. The minimum absolute atomic E-state index is 0.143. The molecule has 3 atom stereocenters. The van der Waals surface area contributed by atoms with Crippen LogP contribution in [-0.2, 0) is 14.3 Å². The van der Waals surface area contributed by atoms with Gasteiger partial charge in [0.25, 0.3) is 10.1 Å². The molecule has 148 valence electrons. The number of nitrogens with one attached hydrogen (secondary N) is 1. The van der Waals surface area contributed by atoms with Gasteiger partial charge in [-0.05, 0) is 25.0 Å². The van der Waals surface area contributed by atoms with Gasteiger partial charge in [0.1, 0.15) is 6.10 Å². The Balaban J connectivity index is 2.55. The van der Waals surface area contributed by atoms with E-state index in [1.165, 1.54) is 0 Å². The minimum atomic E-state index is -3.72. The van der Waals surface area contributed by atoms with Gasteiger partial charge in [-0.3, -0.25) is 4.18 Å². The Morgan fingerprint density at radius 3 is 2.04 bits per heavy atom. The molecule has 0 unspecified atom stereocenters. The SMILES string of the molecule is Cc1ccc([C@H](NC(C)C)[C@](C)(Cl)[C@@H](OS(C)(=O)=O)c2ccccc2)cc1. The van der Waals surface area contributed by atoms with Crippen LogP contribution < -0.4 is 5.32 Å². The molecule has 0 aromatic heterocycles. The van der Waals surface area contributed by atoms with Crippen molar-refractivity contribution >= 4 is 21.7 Å². The maximum Gasteiger partial charge on any atom is 0.265 e. The first-order valence-electron chi connectivity index (χ1n) is 8.95. The van der Waals surface area contributed by atoms with Gasteiger partial charge in [-0.2, -0.15) is 8.42 Å². The molecule has 0 radical (unpaired) electrons. The summed E-state index contributed by atoms with van der Waals surface area (Å²) in [6.07, 6.45) is 0.195. The number of aryl methyl sites for hydroxylation is 1. The molecular weight excluding hydrogens is 382 g/mol. The van der Waals surface area contributed by atoms with Crippen LogP contribution in [0.25, 0.3) is 0 Å². The Kier molecular flexibility index (Phi) is 7.09. The van der Waals surface area contributed by atoms with Crippen molar-refractivity contribution in [1.29, 1.82) is 0 Å². The second-order valence-corrected chi connectivity index (χ2v) is 9.82. The first kappa shape index (κ1) is 21.9. The van der Waals surface area contributed by atoms with Crippen LogP contribution in [0, 0.1) is 6.92 Å². The molecule has 0 fully saturated rings. The highest BCUT2D eigenvalue weighted by Crippen LogP contribution is 2.45. The van der Waals surface area contributed by atoms with Crippen molar-refractivity contribution in [2.45, 2.75) is 50.8 Å². The lowest BCUT2D eigenvalue weighted by atomic mass is 9.85. The number of alkyl halides is 1. The summed E-state index contributed by atoms with van der Waals surface area (Å²) >= 11 is 7.08. The molecule has 2 rings (SSSR count). The van der Waals surface area contributed by atoms with Gasteiger partial charge in [0.05, 0.1) is 17.2 Å². The summed E-state index contributed by atoms with van der Waals surface area (Å²) < 4.78 is 29.5. The van der Waals surface area contributed by atoms with Crippen molar-refractivity contribution in [1.82, 2.24) is 5.32 Å². The molecule has 0 saturated carbocycles. The minimum Gasteiger partial charge on any atom is -0.306 e. The predicted molar refractivity (Wildman–Crippen MR) is 112 cm³/mol. The molecule has 0 aliphatic rings. The molecule has 4 nitrogen and oxygen atoms in total. The third kappa shape index (κ3) is 6.04. The summed E-state index contributed by atoms with van der Waals surface area (Å²) in [4.78, 5) is -1.07. The molecule has 2 aromatic carbocycles. The highest BCUT2D eigenvalue weighted by atomic mass is 35.5. The highest BCUT2D eigenvalue weighted by Gasteiger charge is 2.44. The molecule has 0 saturated heterocycles. The normalized spacial score (nSPS) is 16.7. The molecule has 6 heteroatoms. The fourth-order valence-electron chi connectivity index (χ4n) is 3.11. The lowest BCUT2D eigenvalue weighted by Crippen LogP contribution is -2.45. The van der Waals surface area contributed by atoms with Gasteiger partial charge < -0.3 is 5.32 Å². The summed E-state index contributed by atoms with van der Waals surface area (Å²) in [5.41, 5.74) is 2.83. The zero-order chi connectivity index (χ0) is 20.2. The van der Waals surface area contributed by atoms with Crippen LogP contribution in [0.3, 0.4) is 0 Å². The first-order valence-corrected chi connectivity index (χ1v) is 11.1. The smallest absolute Gasteiger partial charge is 0.265 e. The predicted octanol–water partition coefficient (Wildman–Crippen LogP) is 4.75. The van der Waals surface area contributed by atoms with Crippen molar-refractivity contribution in [2.24, 2.45) is 0 Å². The molecule has 0 amide bonds.